The van der Waals surface area contributed by atoms with Crippen LogP contribution >= 0.6 is 0 Å². The maximum absolute atomic E-state index is 6.88. The molecule has 2 heterocycles. The van der Waals surface area contributed by atoms with E-state index in [2.05, 4.69) is 33.8 Å². The number of hydrogen-bond acceptors (Lipinski definition) is 2. The maximum Gasteiger partial charge on any atom is 0.175 e. The first-order chi connectivity index (χ1) is 13.9. The highest BCUT2D eigenvalue weighted by molar-refractivity contribution is 5.17. The molecule has 5 fully saturated rings. The number of fused-ring (bicyclic) bond motifs is 7. The van der Waals surface area contributed by atoms with Gasteiger partial charge >= 0.3 is 0 Å². The molecule has 4 aliphatic carbocycles. The van der Waals surface area contributed by atoms with Crippen LogP contribution in [0.1, 0.15) is 91.9 Å². The van der Waals surface area contributed by atoms with Crippen molar-refractivity contribution in [1.82, 2.24) is 0 Å². The molecule has 6 aliphatic rings. The van der Waals surface area contributed by atoms with Crippen molar-refractivity contribution < 1.29 is 9.47 Å². The molecule has 162 valence electrons. The lowest BCUT2D eigenvalue weighted by molar-refractivity contribution is -0.246. The minimum absolute atomic E-state index is 0.327. The van der Waals surface area contributed by atoms with Gasteiger partial charge in [-0.25, -0.2) is 0 Å². The summed E-state index contributed by atoms with van der Waals surface area (Å²) in [5.41, 5.74) is 2.47. The molecular formula is C27H42O2. The zero-order valence-corrected chi connectivity index (χ0v) is 19.2. The van der Waals surface area contributed by atoms with Crippen LogP contribution in [0.4, 0.5) is 0 Å². The number of rotatable bonds is 0. The third-order valence-electron chi connectivity index (χ3n) is 11.5. The van der Waals surface area contributed by atoms with Crippen LogP contribution in [0.25, 0.3) is 0 Å². The summed E-state index contributed by atoms with van der Waals surface area (Å²) >= 11 is 0. The van der Waals surface area contributed by atoms with Crippen molar-refractivity contribution >= 4 is 0 Å². The van der Waals surface area contributed by atoms with E-state index >= 15 is 0 Å². The normalized spacial score (nSPS) is 58.9. The fourth-order valence-electron chi connectivity index (χ4n) is 10.0. The molecule has 0 N–H and O–H groups in total. The second-order valence-electron chi connectivity index (χ2n) is 12.5. The Balaban J connectivity index is 1.28. The van der Waals surface area contributed by atoms with Gasteiger partial charge in [0.05, 0.1) is 12.7 Å². The van der Waals surface area contributed by atoms with E-state index < -0.39 is 0 Å². The standard InChI is InChI=1S/C27H42O2/c1-17-10-14-27(28-16-17)18(2)24-23(29-27)15-22-20-9-8-19-7-5-6-12-25(19,3)21(20)11-13-26(22,24)4/h10,18-24H,5-9,11-16H2,1-4H3/t18-,19?,20+,21-,22-,23-,24-,25-,26-,27+/m0/s1. The molecule has 0 aromatic carbocycles. The molecule has 2 heteroatoms. The topological polar surface area (TPSA) is 18.5 Å². The van der Waals surface area contributed by atoms with Crippen LogP contribution in [0.2, 0.25) is 0 Å². The highest BCUT2D eigenvalue weighted by Gasteiger charge is 2.68. The fourth-order valence-corrected chi connectivity index (χ4v) is 10.0. The molecule has 0 aromatic heterocycles. The first-order valence-corrected chi connectivity index (χ1v) is 12.8. The van der Waals surface area contributed by atoms with Crippen molar-refractivity contribution in [2.24, 2.45) is 46.3 Å². The smallest absolute Gasteiger partial charge is 0.175 e. The van der Waals surface area contributed by atoms with Crippen molar-refractivity contribution in [1.29, 1.82) is 0 Å². The molecule has 0 amide bonds. The summed E-state index contributed by atoms with van der Waals surface area (Å²) in [7, 11) is 0. The lowest BCUT2D eigenvalue weighted by Crippen LogP contribution is -2.54. The van der Waals surface area contributed by atoms with Gasteiger partial charge < -0.3 is 9.47 Å². The second-order valence-corrected chi connectivity index (χ2v) is 12.5. The molecule has 29 heavy (non-hydrogen) atoms. The van der Waals surface area contributed by atoms with Crippen molar-refractivity contribution in [3.05, 3.63) is 11.6 Å². The fraction of sp³-hybridized carbons (Fsp3) is 0.926. The number of ether oxygens (including phenoxy) is 2. The largest absolute Gasteiger partial charge is 0.346 e. The second kappa shape index (κ2) is 6.35. The molecule has 0 radical (unpaired) electrons. The van der Waals surface area contributed by atoms with Gasteiger partial charge in [0.2, 0.25) is 0 Å². The predicted molar refractivity (Wildman–Crippen MR) is 116 cm³/mol. The van der Waals surface area contributed by atoms with Crippen LogP contribution in [0, 0.1) is 46.3 Å². The van der Waals surface area contributed by atoms with E-state index in [4.69, 9.17) is 9.47 Å². The Labute approximate surface area is 178 Å². The average Bonchev–Trinajstić information content (AvgIpc) is 3.15. The molecule has 0 bridgehead atoms. The van der Waals surface area contributed by atoms with Crippen LogP contribution in [0.5, 0.6) is 0 Å². The molecule has 4 saturated carbocycles. The average molecular weight is 399 g/mol. The summed E-state index contributed by atoms with van der Waals surface area (Å²) in [6.07, 6.45) is 17.0. The zero-order valence-electron chi connectivity index (χ0n) is 19.2. The van der Waals surface area contributed by atoms with E-state index in [1.807, 2.05) is 0 Å². The Morgan fingerprint density at radius 3 is 2.62 bits per heavy atom. The van der Waals surface area contributed by atoms with Crippen molar-refractivity contribution in [2.75, 3.05) is 6.61 Å². The summed E-state index contributed by atoms with van der Waals surface area (Å²) in [5, 5.41) is 0. The number of hydrogen-bond donors (Lipinski definition) is 0. The van der Waals surface area contributed by atoms with Gasteiger partial charge in [-0.3, -0.25) is 0 Å². The van der Waals surface area contributed by atoms with Crippen LogP contribution in [0.15, 0.2) is 11.6 Å². The molecular weight excluding hydrogens is 356 g/mol. The Morgan fingerprint density at radius 1 is 0.966 bits per heavy atom. The lowest BCUT2D eigenvalue weighted by Gasteiger charge is -2.61. The van der Waals surface area contributed by atoms with E-state index in [0.717, 1.165) is 36.7 Å². The van der Waals surface area contributed by atoms with Crippen LogP contribution in [0.3, 0.4) is 0 Å². The minimum Gasteiger partial charge on any atom is -0.346 e. The molecule has 2 aliphatic heterocycles. The summed E-state index contributed by atoms with van der Waals surface area (Å²) in [6.45, 7) is 10.8. The molecule has 2 nitrogen and oxygen atoms in total. The summed E-state index contributed by atoms with van der Waals surface area (Å²) in [4.78, 5) is 0. The van der Waals surface area contributed by atoms with Crippen LogP contribution in [-0.2, 0) is 9.47 Å². The Hall–Kier alpha value is -0.340. The van der Waals surface area contributed by atoms with Gasteiger partial charge in [0, 0.05) is 12.3 Å². The highest BCUT2D eigenvalue weighted by atomic mass is 16.7. The molecule has 1 saturated heterocycles. The van der Waals surface area contributed by atoms with E-state index in [9.17, 15) is 0 Å². The Morgan fingerprint density at radius 2 is 1.83 bits per heavy atom. The van der Waals surface area contributed by atoms with Gasteiger partial charge in [-0.1, -0.05) is 45.3 Å². The van der Waals surface area contributed by atoms with Crippen molar-refractivity contribution in [3.63, 3.8) is 0 Å². The quantitative estimate of drug-likeness (QED) is 0.420. The first-order valence-electron chi connectivity index (χ1n) is 12.8. The third kappa shape index (κ3) is 2.48. The third-order valence-corrected chi connectivity index (χ3v) is 11.5. The minimum atomic E-state index is -0.327. The molecule has 1 unspecified atom stereocenters. The summed E-state index contributed by atoms with van der Waals surface area (Å²) in [6, 6.07) is 0. The summed E-state index contributed by atoms with van der Waals surface area (Å²) < 4.78 is 13.3. The van der Waals surface area contributed by atoms with Gasteiger partial charge in [-0.15, -0.1) is 0 Å². The van der Waals surface area contributed by atoms with Gasteiger partial charge in [0.1, 0.15) is 0 Å². The van der Waals surface area contributed by atoms with E-state index in [-0.39, 0.29) is 5.79 Å². The van der Waals surface area contributed by atoms with Gasteiger partial charge in [0.15, 0.2) is 5.79 Å². The highest BCUT2D eigenvalue weighted by Crippen LogP contribution is 2.71. The summed E-state index contributed by atoms with van der Waals surface area (Å²) in [5.74, 6) is 4.73. The lowest BCUT2D eigenvalue weighted by atomic mass is 9.44. The zero-order chi connectivity index (χ0) is 20.0. The van der Waals surface area contributed by atoms with E-state index in [1.54, 1.807) is 0 Å². The first kappa shape index (κ1) is 19.4. The SMILES string of the molecule is CC1=CC[C@@]2(OC1)O[C@H]1C[C@H]3[C@@H]4CCC5CCCC[C@]5(C)[C@H]4CC[C@]3(C)[C@H]1[C@@H]2C. The van der Waals surface area contributed by atoms with Gasteiger partial charge in [0.25, 0.3) is 0 Å². The van der Waals surface area contributed by atoms with Crippen molar-refractivity contribution in [2.45, 2.75) is 104 Å². The Bertz CT molecular complexity index is 713. The monoisotopic (exact) mass is 398 g/mol. The molecule has 6 rings (SSSR count). The predicted octanol–water partition coefficient (Wildman–Crippen LogP) is 6.74. The van der Waals surface area contributed by atoms with Gasteiger partial charge in [-0.05, 0) is 92.3 Å². The maximum atomic E-state index is 6.88. The Kier molecular flexibility index (Phi) is 4.23. The van der Waals surface area contributed by atoms with Crippen LogP contribution in [-0.4, -0.2) is 18.5 Å². The van der Waals surface area contributed by atoms with Crippen molar-refractivity contribution in [3.8, 4) is 0 Å². The molecule has 1 spiro atoms. The van der Waals surface area contributed by atoms with Gasteiger partial charge in [-0.2, -0.15) is 0 Å². The molecule has 10 atom stereocenters. The van der Waals surface area contributed by atoms with E-state index in [1.165, 1.54) is 63.4 Å². The molecule has 0 aromatic rings. The van der Waals surface area contributed by atoms with E-state index in [0.29, 0.717) is 28.8 Å². The van der Waals surface area contributed by atoms with Crippen LogP contribution < -0.4 is 0 Å².